The van der Waals surface area contributed by atoms with Gasteiger partial charge in [0.25, 0.3) is 0 Å². The van der Waals surface area contributed by atoms with Crippen LogP contribution in [-0.2, 0) is 6.54 Å². The molecule has 0 saturated heterocycles. The molecule has 0 amide bonds. The first kappa shape index (κ1) is 16.7. The highest BCUT2D eigenvalue weighted by molar-refractivity contribution is 5.81. The Kier molecular flexibility index (Phi) is 4.39. The zero-order valence-corrected chi connectivity index (χ0v) is 14.9. The molecule has 2 heterocycles. The van der Waals surface area contributed by atoms with E-state index in [0.29, 0.717) is 25.3 Å². The van der Waals surface area contributed by atoms with Crippen LogP contribution in [0.25, 0.3) is 11.0 Å². The van der Waals surface area contributed by atoms with E-state index < -0.39 is 0 Å². The molecule has 0 bridgehead atoms. The van der Waals surface area contributed by atoms with Gasteiger partial charge in [0.15, 0.2) is 11.5 Å². The molecule has 1 aliphatic rings. The average Bonchev–Trinajstić information content (AvgIpc) is 2.63. The molecule has 0 fully saturated rings. The predicted octanol–water partition coefficient (Wildman–Crippen LogP) is 3.34. The zero-order valence-electron chi connectivity index (χ0n) is 14.9. The standard InChI is InChI=1S/C21H21NO4/c1-13-7-17-15(9-21(23)26-20(17)8-14(13)2)10-22-11-16-12-24-18-5-3-4-6-19(18)25-16/h3-9,16,22H,10-12H2,1-2H3/t16-/m1/s1. The van der Waals surface area contributed by atoms with E-state index in [9.17, 15) is 4.79 Å². The van der Waals surface area contributed by atoms with Gasteiger partial charge >= 0.3 is 5.63 Å². The highest BCUT2D eigenvalue weighted by Crippen LogP contribution is 2.30. The molecule has 0 radical (unpaired) electrons. The first-order valence-corrected chi connectivity index (χ1v) is 8.73. The second-order valence-electron chi connectivity index (χ2n) is 6.65. The number of benzene rings is 2. The van der Waals surface area contributed by atoms with Gasteiger partial charge in [0.2, 0.25) is 0 Å². The second-order valence-corrected chi connectivity index (χ2v) is 6.65. The van der Waals surface area contributed by atoms with Crippen LogP contribution in [0.2, 0.25) is 0 Å². The van der Waals surface area contributed by atoms with Gasteiger partial charge in [-0.05, 0) is 54.8 Å². The number of rotatable bonds is 4. The van der Waals surface area contributed by atoms with Crippen LogP contribution < -0.4 is 20.4 Å². The normalized spacial score (nSPS) is 16.0. The highest BCUT2D eigenvalue weighted by atomic mass is 16.6. The number of ether oxygens (including phenoxy) is 2. The summed E-state index contributed by atoms with van der Waals surface area (Å²) in [4.78, 5) is 11.9. The number of aryl methyl sites for hydroxylation is 2. The predicted molar refractivity (Wildman–Crippen MR) is 100 cm³/mol. The second kappa shape index (κ2) is 6.84. The molecule has 0 aliphatic carbocycles. The summed E-state index contributed by atoms with van der Waals surface area (Å²) in [6.45, 7) is 5.76. The molecular weight excluding hydrogens is 330 g/mol. The third-order valence-corrected chi connectivity index (χ3v) is 4.70. The van der Waals surface area contributed by atoms with Crippen molar-refractivity contribution in [2.75, 3.05) is 13.2 Å². The number of hydrogen-bond donors (Lipinski definition) is 1. The van der Waals surface area contributed by atoms with Crippen LogP contribution in [0.4, 0.5) is 0 Å². The number of para-hydroxylation sites is 2. The molecule has 26 heavy (non-hydrogen) atoms. The molecule has 1 N–H and O–H groups in total. The Morgan fingerprint density at radius 1 is 1.08 bits per heavy atom. The summed E-state index contributed by atoms with van der Waals surface area (Å²) >= 11 is 0. The van der Waals surface area contributed by atoms with Gasteiger partial charge in [0.1, 0.15) is 18.3 Å². The van der Waals surface area contributed by atoms with Crippen molar-refractivity contribution in [3.63, 3.8) is 0 Å². The molecule has 1 aliphatic heterocycles. The lowest BCUT2D eigenvalue weighted by Crippen LogP contribution is -2.38. The molecule has 0 unspecified atom stereocenters. The van der Waals surface area contributed by atoms with Gasteiger partial charge in [0.05, 0.1) is 0 Å². The van der Waals surface area contributed by atoms with Gasteiger partial charge in [0, 0.05) is 24.5 Å². The Morgan fingerprint density at radius 2 is 1.85 bits per heavy atom. The van der Waals surface area contributed by atoms with E-state index in [4.69, 9.17) is 13.9 Å². The third kappa shape index (κ3) is 3.30. The van der Waals surface area contributed by atoms with Crippen molar-refractivity contribution in [1.82, 2.24) is 5.32 Å². The minimum atomic E-state index is -0.330. The van der Waals surface area contributed by atoms with Crippen molar-refractivity contribution in [3.05, 3.63) is 69.6 Å². The number of nitrogens with one attached hydrogen (secondary N) is 1. The van der Waals surface area contributed by atoms with Crippen LogP contribution in [0.1, 0.15) is 16.7 Å². The molecule has 1 aromatic heterocycles. The fourth-order valence-corrected chi connectivity index (χ4v) is 3.16. The smallest absolute Gasteiger partial charge is 0.336 e. The van der Waals surface area contributed by atoms with E-state index in [0.717, 1.165) is 28.0 Å². The van der Waals surface area contributed by atoms with Crippen molar-refractivity contribution in [1.29, 1.82) is 0 Å². The Labute approximate surface area is 151 Å². The molecule has 2 aromatic carbocycles. The quantitative estimate of drug-likeness (QED) is 0.731. The van der Waals surface area contributed by atoms with Gasteiger partial charge in [-0.3, -0.25) is 0 Å². The Morgan fingerprint density at radius 3 is 2.69 bits per heavy atom. The van der Waals surface area contributed by atoms with E-state index in [2.05, 4.69) is 18.3 Å². The van der Waals surface area contributed by atoms with Crippen LogP contribution in [-0.4, -0.2) is 19.3 Å². The van der Waals surface area contributed by atoms with E-state index in [1.54, 1.807) is 6.07 Å². The van der Waals surface area contributed by atoms with Crippen molar-refractivity contribution in [2.45, 2.75) is 26.5 Å². The maximum Gasteiger partial charge on any atom is 0.336 e. The molecular formula is C21H21NO4. The van der Waals surface area contributed by atoms with E-state index >= 15 is 0 Å². The first-order valence-electron chi connectivity index (χ1n) is 8.73. The zero-order chi connectivity index (χ0) is 18.1. The topological polar surface area (TPSA) is 60.7 Å². The van der Waals surface area contributed by atoms with Crippen LogP contribution >= 0.6 is 0 Å². The lowest BCUT2D eigenvalue weighted by atomic mass is 10.0. The van der Waals surface area contributed by atoms with Crippen LogP contribution in [0.15, 0.2) is 51.7 Å². The summed E-state index contributed by atoms with van der Waals surface area (Å²) in [5, 5.41) is 4.33. The Hall–Kier alpha value is -2.79. The van der Waals surface area contributed by atoms with Crippen molar-refractivity contribution in [2.24, 2.45) is 0 Å². The van der Waals surface area contributed by atoms with Crippen LogP contribution in [0.5, 0.6) is 11.5 Å². The fourth-order valence-electron chi connectivity index (χ4n) is 3.16. The summed E-state index contributed by atoms with van der Waals surface area (Å²) in [5.41, 5.74) is 3.51. The minimum Gasteiger partial charge on any atom is -0.486 e. The Bertz CT molecular complexity index is 1010. The minimum absolute atomic E-state index is 0.0692. The van der Waals surface area contributed by atoms with E-state index in [-0.39, 0.29) is 11.7 Å². The first-order chi connectivity index (χ1) is 12.6. The molecule has 134 valence electrons. The molecule has 5 nitrogen and oxygen atoms in total. The van der Waals surface area contributed by atoms with Gasteiger partial charge in [-0.2, -0.15) is 0 Å². The summed E-state index contributed by atoms with van der Waals surface area (Å²) in [5.74, 6) is 1.55. The van der Waals surface area contributed by atoms with E-state index in [1.807, 2.05) is 37.3 Å². The molecule has 3 aromatic rings. The highest BCUT2D eigenvalue weighted by Gasteiger charge is 2.20. The van der Waals surface area contributed by atoms with Gasteiger partial charge in [-0.25, -0.2) is 4.79 Å². The third-order valence-electron chi connectivity index (χ3n) is 4.70. The summed E-state index contributed by atoms with van der Waals surface area (Å²) in [6.07, 6.45) is -0.0692. The largest absolute Gasteiger partial charge is 0.486 e. The van der Waals surface area contributed by atoms with Crippen LogP contribution in [0, 0.1) is 13.8 Å². The van der Waals surface area contributed by atoms with E-state index in [1.165, 1.54) is 5.56 Å². The average molecular weight is 351 g/mol. The maximum absolute atomic E-state index is 11.9. The lowest BCUT2D eigenvalue weighted by Gasteiger charge is -2.26. The summed E-state index contributed by atoms with van der Waals surface area (Å²) < 4.78 is 17.0. The van der Waals surface area contributed by atoms with Crippen LogP contribution in [0.3, 0.4) is 0 Å². The summed E-state index contributed by atoms with van der Waals surface area (Å²) in [6, 6.07) is 13.2. The SMILES string of the molecule is Cc1cc2oc(=O)cc(CNC[C@@H]3COc4ccccc4O3)c2cc1C. The molecule has 0 saturated carbocycles. The lowest BCUT2D eigenvalue weighted by molar-refractivity contribution is 0.0902. The van der Waals surface area contributed by atoms with Gasteiger partial charge in [-0.15, -0.1) is 0 Å². The summed E-state index contributed by atoms with van der Waals surface area (Å²) in [7, 11) is 0. The number of fused-ring (bicyclic) bond motifs is 2. The van der Waals surface area contributed by atoms with Crippen molar-refractivity contribution >= 4 is 11.0 Å². The molecule has 4 rings (SSSR count). The molecule has 1 atom stereocenters. The molecule has 0 spiro atoms. The van der Waals surface area contributed by atoms with Crippen molar-refractivity contribution in [3.8, 4) is 11.5 Å². The molecule has 5 heteroatoms. The fraction of sp³-hybridized carbons (Fsp3) is 0.286. The maximum atomic E-state index is 11.9. The van der Waals surface area contributed by atoms with Gasteiger partial charge < -0.3 is 19.2 Å². The van der Waals surface area contributed by atoms with Gasteiger partial charge in [-0.1, -0.05) is 12.1 Å². The monoisotopic (exact) mass is 351 g/mol. The number of hydrogen-bond acceptors (Lipinski definition) is 5. The Balaban J connectivity index is 1.47. The van der Waals surface area contributed by atoms with Crippen molar-refractivity contribution < 1.29 is 13.9 Å².